The Bertz CT molecular complexity index is 955. The minimum atomic E-state index is -1.03. The Balaban J connectivity index is 1.68. The van der Waals surface area contributed by atoms with Gasteiger partial charge in [-0.05, 0) is 25.3 Å². The molecular formula is C20H20N2O5S. The lowest BCUT2D eigenvalue weighted by Crippen LogP contribution is -2.41. The van der Waals surface area contributed by atoms with Crippen molar-refractivity contribution in [2.75, 3.05) is 5.32 Å². The largest absolute Gasteiger partial charge is 0.481 e. The van der Waals surface area contributed by atoms with Gasteiger partial charge in [0.05, 0.1) is 29.6 Å². The Morgan fingerprint density at radius 3 is 2.39 bits per heavy atom. The van der Waals surface area contributed by atoms with E-state index in [1.54, 1.807) is 0 Å². The third-order valence-electron chi connectivity index (χ3n) is 5.49. The number of nitrogens with one attached hydrogen (secondary N) is 1. The van der Waals surface area contributed by atoms with Crippen molar-refractivity contribution in [3.63, 3.8) is 0 Å². The molecule has 2 saturated heterocycles. The fraction of sp³-hybridized carbons (Fsp3) is 0.350. The average molecular weight is 400 g/mol. The molecule has 2 aliphatic rings. The number of rotatable bonds is 5. The number of hydrogen-bond donors (Lipinski definition) is 3. The standard InChI is InChI=1S/C20H20N2O5S/c1-9-13(10-5-3-2-4-6-10)16(17(21)23)19(28-9)22-18(24)14-11-7-8-12(27-11)15(14)20(25)26/h2-6,11-12,14-15H,7-8H2,1H3,(H2,21,23)(H,22,24)(H,25,26)/t11-,12+,14-,15-/m0/s1. The van der Waals surface area contributed by atoms with Gasteiger partial charge in [0.1, 0.15) is 5.00 Å². The molecule has 2 amide bonds. The van der Waals surface area contributed by atoms with Crippen LogP contribution in [0.25, 0.3) is 11.1 Å². The van der Waals surface area contributed by atoms with E-state index < -0.39 is 41.8 Å². The highest BCUT2D eigenvalue weighted by Gasteiger charge is 2.55. The number of nitrogens with two attached hydrogens (primary N) is 1. The smallest absolute Gasteiger partial charge is 0.310 e. The molecule has 1 aromatic carbocycles. The van der Waals surface area contributed by atoms with Gasteiger partial charge in [0, 0.05) is 10.4 Å². The predicted molar refractivity (Wildman–Crippen MR) is 104 cm³/mol. The van der Waals surface area contributed by atoms with Gasteiger partial charge in [-0.1, -0.05) is 30.3 Å². The van der Waals surface area contributed by atoms with Gasteiger partial charge in [-0.2, -0.15) is 0 Å². The van der Waals surface area contributed by atoms with Crippen LogP contribution in [-0.4, -0.2) is 35.1 Å². The first-order chi connectivity index (χ1) is 13.4. The lowest BCUT2D eigenvalue weighted by Gasteiger charge is -2.23. The number of anilines is 1. The fourth-order valence-electron chi connectivity index (χ4n) is 4.34. The van der Waals surface area contributed by atoms with Crippen LogP contribution in [0.1, 0.15) is 28.1 Å². The molecule has 2 aliphatic heterocycles. The van der Waals surface area contributed by atoms with Crippen molar-refractivity contribution in [1.82, 2.24) is 0 Å². The summed E-state index contributed by atoms with van der Waals surface area (Å²) in [5.74, 6) is -3.76. The fourth-order valence-corrected chi connectivity index (χ4v) is 5.42. The van der Waals surface area contributed by atoms with Gasteiger partial charge in [-0.3, -0.25) is 14.4 Å². The van der Waals surface area contributed by atoms with E-state index in [1.807, 2.05) is 37.3 Å². The Morgan fingerprint density at radius 1 is 1.14 bits per heavy atom. The molecule has 8 heteroatoms. The minimum Gasteiger partial charge on any atom is -0.481 e. The second-order valence-electron chi connectivity index (χ2n) is 7.14. The van der Waals surface area contributed by atoms with Crippen molar-refractivity contribution in [3.05, 3.63) is 40.8 Å². The van der Waals surface area contributed by atoms with Gasteiger partial charge in [0.15, 0.2) is 0 Å². The SMILES string of the molecule is Cc1sc(NC(=O)[C@@H]2[C@@H](C(=O)O)[C@H]3CC[C@@H]2O3)c(C(N)=O)c1-c1ccccc1. The number of benzene rings is 1. The summed E-state index contributed by atoms with van der Waals surface area (Å²) in [7, 11) is 0. The molecule has 0 saturated carbocycles. The van der Waals surface area contributed by atoms with E-state index in [0.717, 1.165) is 10.4 Å². The molecule has 4 N–H and O–H groups in total. The van der Waals surface area contributed by atoms with Gasteiger partial charge in [0.25, 0.3) is 5.91 Å². The van der Waals surface area contributed by atoms with Crippen molar-refractivity contribution in [2.24, 2.45) is 17.6 Å². The van der Waals surface area contributed by atoms with Crippen LogP contribution in [0, 0.1) is 18.8 Å². The number of amides is 2. The Hall–Kier alpha value is -2.71. The number of hydrogen-bond acceptors (Lipinski definition) is 5. The Morgan fingerprint density at radius 2 is 1.79 bits per heavy atom. The molecule has 146 valence electrons. The van der Waals surface area contributed by atoms with Crippen molar-refractivity contribution in [2.45, 2.75) is 32.0 Å². The van der Waals surface area contributed by atoms with E-state index in [0.29, 0.717) is 23.4 Å². The molecule has 2 aromatic rings. The molecule has 7 nitrogen and oxygen atoms in total. The van der Waals surface area contributed by atoms with Gasteiger partial charge in [0.2, 0.25) is 5.91 Å². The predicted octanol–water partition coefficient (Wildman–Crippen LogP) is 2.64. The van der Waals surface area contributed by atoms with Crippen LogP contribution in [0.2, 0.25) is 0 Å². The van der Waals surface area contributed by atoms with E-state index in [-0.39, 0.29) is 5.56 Å². The third-order valence-corrected chi connectivity index (χ3v) is 6.51. The molecule has 2 bridgehead atoms. The number of primary amides is 1. The van der Waals surface area contributed by atoms with Crippen molar-refractivity contribution < 1.29 is 24.2 Å². The number of aliphatic carboxylic acids is 1. The maximum atomic E-state index is 13.0. The van der Waals surface area contributed by atoms with Crippen molar-refractivity contribution in [1.29, 1.82) is 0 Å². The van der Waals surface area contributed by atoms with Crippen LogP contribution in [0.15, 0.2) is 30.3 Å². The number of carboxylic acids is 1. The first kappa shape index (κ1) is 18.6. The van der Waals surface area contributed by atoms with E-state index in [9.17, 15) is 19.5 Å². The molecule has 0 aliphatic carbocycles. The van der Waals surface area contributed by atoms with Crippen molar-refractivity contribution in [3.8, 4) is 11.1 Å². The molecule has 3 heterocycles. The zero-order valence-corrected chi connectivity index (χ0v) is 16.0. The lowest BCUT2D eigenvalue weighted by atomic mass is 9.78. The van der Waals surface area contributed by atoms with Crippen LogP contribution in [0.4, 0.5) is 5.00 Å². The minimum absolute atomic E-state index is 0.248. The highest BCUT2D eigenvalue weighted by molar-refractivity contribution is 7.17. The van der Waals surface area contributed by atoms with Crippen LogP contribution in [-0.2, 0) is 14.3 Å². The first-order valence-corrected chi connectivity index (χ1v) is 9.88. The topological polar surface area (TPSA) is 119 Å². The maximum Gasteiger partial charge on any atom is 0.310 e. The summed E-state index contributed by atoms with van der Waals surface area (Å²) in [6.07, 6.45) is 0.471. The number of aryl methyl sites for hydroxylation is 1. The summed E-state index contributed by atoms with van der Waals surface area (Å²) >= 11 is 1.26. The molecule has 0 radical (unpaired) electrons. The summed E-state index contributed by atoms with van der Waals surface area (Å²) in [5.41, 5.74) is 7.40. The molecule has 4 atom stereocenters. The zero-order chi connectivity index (χ0) is 20.0. The first-order valence-electron chi connectivity index (χ1n) is 9.06. The van der Waals surface area contributed by atoms with Gasteiger partial charge in [-0.25, -0.2) is 0 Å². The van der Waals surface area contributed by atoms with E-state index in [4.69, 9.17) is 10.5 Å². The van der Waals surface area contributed by atoms with Gasteiger partial charge < -0.3 is 20.9 Å². The normalized spacial score (nSPS) is 25.6. The number of fused-ring (bicyclic) bond motifs is 2. The molecular weight excluding hydrogens is 380 g/mol. The molecule has 2 fully saturated rings. The number of thiophene rings is 1. The van der Waals surface area contributed by atoms with E-state index in [2.05, 4.69) is 5.32 Å². The summed E-state index contributed by atoms with van der Waals surface area (Å²) in [5, 5.41) is 12.6. The second kappa shape index (κ2) is 7.03. The van der Waals surface area contributed by atoms with Gasteiger partial charge in [-0.15, -0.1) is 11.3 Å². The number of carbonyl (C=O) groups excluding carboxylic acids is 2. The number of carboxylic acid groups (broad SMARTS) is 1. The van der Waals surface area contributed by atoms with Crippen LogP contribution in [0.5, 0.6) is 0 Å². The lowest BCUT2D eigenvalue weighted by molar-refractivity contribution is -0.147. The molecule has 1 aromatic heterocycles. The molecule has 28 heavy (non-hydrogen) atoms. The van der Waals surface area contributed by atoms with E-state index in [1.165, 1.54) is 11.3 Å². The molecule has 4 rings (SSSR count). The highest BCUT2D eigenvalue weighted by Crippen LogP contribution is 2.45. The van der Waals surface area contributed by atoms with Crippen LogP contribution >= 0.6 is 11.3 Å². The molecule has 0 spiro atoms. The molecule has 0 unspecified atom stereocenters. The third kappa shape index (κ3) is 2.98. The summed E-state index contributed by atoms with van der Waals surface area (Å²) in [6.45, 7) is 1.86. The summed E-state index contributed by atoms with van der Waals surface area (Å²) in [6, 6.07) is 9.34. The number of carbonyl (C=O) groups is 3. The quantitative estimate of drug-likeness (QED) is 0.713. The Labute approximate surface area is 165 Å². The second-order valence-corrected chi connectivity index (χ2v) is 8.36. The maximum absolute atomic E-state index is 13.0. The summed E-state index contributed by atoms with van der Waals surface area (Å²) in [4.78, 5) is 37.6. The average Bonchev–Trinajstić information content (AvgIpc) is 3.34. The summed E-state index contributed by atoms with van der Waals surface area (Å²) < 4.78 is 5.66. The number of ether oxygens (including phenoxy) is 1. The zero-order valence-electron chi connectivity index (χ0n) is 15.2. The van der Waals surface area contributed by atoms with Crippen molar-refractivity contribution >= 4 is 34.1 Å². The Kier molecular flexibility index (Phi) is 4.68. The highest BCUT2D eigenvalue weighted by atomic mass is 32.1. The monoisotopic (exact) mass is 400 g/mol. The van der Waals surface area contributed by atoms with Gasteiger partial charge >= 0.3 is 5.97 Å². The van der Waals surface area contributed by atoms with Crippen LogP contribution < -0.4 is 11.1 Å². The van der Waals surface area contributed by atoms with Crippen LogP contribution in [0.3, 0.4) is 0 Å². The van der Waals surface area contributed by atoms with E-state index >= 15 is 0 Å².